The molecule has 0 atom stereocenters. The van der Waals surface area contributed by atoms with Gasteiger partial charge in [0.05, 0.1) is 0 Å². The summed E-state index contributed by atoms with van der Waals surface area (Å²) < 4.78 is 5.61. The molecule has 2 nitrogen and oxygen atoms in total. The molecular weight excluding hydrogens is 270 g/mol. The van der Waals surface area contributed by atoms with Crippen LogP contribution in [0.3, 0.4) is 0 Å². The average Bonchev–Trinajstić information content (AvgIpc) is 2.56. The third-order valence-corrected chi connectivity index (χ3v) is 1.53. The molecule has 0 radical (unpaired) electrons. The Hall–Kier alpha value is -1.80. The molecule has 2 heteroatoms. The lowest BCUT2D eigenvalue weighted by Gasteiger charge is -2.05. The highest BCUT2D eigenvalue weighted by Crippen LogP contribution is 2.09. The lowest BCUT2D eigenvalue weighted by Crippen LogP contribution is -1.89. The Morgan fingerprint density at radius 1 is 0.864 bits per heavy atom. The van der Waals surface area contributed by atoms with Gasteiger partial charge in [-0.25, -0.2) is 0 Å². The second-order valence-corrected chi connectivity index (χ2v) is 3.19. The fourth-order valence-electron chi connectivity index (χ4n) is 0.892. The van der Waals surface area contributed by atoms with E-state index in [1.807, 2.05) is 86.0 Å². The second-order valence-electron chi connectivity index (χ2n) is 3.19. The number of hydrogen-bond donors (Lipinski definition) is 1. The molecule has 1 N–H and O–H groups in total. The van der Waals surface area contributed by atoms with Crippen LogP contribution in [0.15, 0.2) is 73.3 Å². The van der Waals surface area contributed by atoms with Crippen molar-refractivity contribution in [2.75, 3.05) is 14.1 Å². The molecule has 22 heavy (non-hydrogen) atoms. The Morgan fingerprint density at radius 2 is 1.36 bits per heavy atom. The van der Waals surface area contributed by atoms with Crippen molar-refractivity contribution in [1.82, 2.24) is 5.32 Å². The van der Waals surface area contributed by atoms with Crippen LogP contribution in [0, 0.1) is 0 Å². The van der Waals surface area contributed by atoms with Crippen LogP contribution in [0.1, 0.15) is 41.5 Å². The smallest absolute Gasteiger partial charge is 0.127 e. The second kappa shape index (κ2) is 31.5. The van der Waals surface area contributed by atoms with Gasteiger partial charge in [0, 0.05) is 0 Å². The zero-order chi connectivity index (χ0) is 18.2. The van der Waals surface area contributed by atoms with Crippen LogP contribution in [0.25, 0.3) is 0 Å². The van der Waals surface area contributed by atoms with E-state index in [4.69, 9.17) is 4.74 Å². The maximum absolute atomic E-state index is 5.61. The fraction of sp³-hybridized carbons (Fsp3) is 0.400. The van der Waals surface area contributed by atoms with Gasteiger partial charge >= 0.3 is 0 Å². The van der Waals surface area contributed by atoms with Crippen molar-refractivity contribution >= 4 is 0 Å². The highest BCUT2D eigenvalue weighted by molar-refractivity contribution is 5.24. The first kappa shape index (κ1) is 28.4. The summed E-state index contributed by atoms with van der Waals surface area (Å²) in [4.78, 5) is 0. The van der Waals surface area contributed by atoms with Gasteiger partial charge < -0.3 is 10.1 Å². The molecule has 0 aliphatic heterocycles. The van der Waals surface area contributed by atoms with Crippen LogP contribution in [0.5, 0.6) is 0 Å². The highest BCUT2D eigenvalue weighted by atomic mass is 16.5. The number of ether oxygens (including phenoxy) is 1. The Labute approximate surface area is 139 Å². The molecule has 0 spiro atoms. The van der Waals surface area contributed by atoms with E-state index in [1.54, 1.807) is 18.2 Å². The first-order chi connectivity index (χ1) is 10.7. The van der Waals surface area contributed by atoms with E-state index in [1.165, 1.54) is 0 Å². The van der Waals surface area contributed by atoms with Crippen molar-refractivity contribution in [1.29, 1.82) is 0 Å². The third kappa shape index (κ3) is 26.7. The molecular formula is C20H37NO. The molecule has 0 heterocycles. The molecule has 0 rings (SSSR count). The molecule has 0 unspecified atom stereocenters. The minimum atomic E-state index is 0.733. The van der Waals surface area contributed by atoms with Crippen molar-refractivity contribution in [3.8, 4) is 0 Å². The van der Waals surface area contributed by atoms with Crippen LogP contribution >= 0.6 is 0 Å². The standard InChI is InChI=1S/C14H18O.C2H7N.2C2H6/c1-5-9-12-14(11-7-3)15-13(8-4)10-6-2;1-3-2;2*1-2/h5-12H,1,3H2,2,4H3;3H,1-2H3;2*1-2H3/b10-6-,12-9-,13-8+,14-11+;;;. The largest absolute Gasteiger partial charge is 0.458 e. The van der Waals surface area contributed by atoms with Crippen molar-refractivity contribution in [2.24, 2.45) is 0 Å². The Kier molecular flexibility index (Phi) is 40.7. The molecule has 128 valence electrons. The minimum absolute atomic E-state index is 0.733. The van der Waals surface area contributed by atoms with Gasteiger partial charge in [-0.05, 0) is 52.2 Å². The molecule has 0 aliphatic carbocycles. The monoisotopic (exact) mass is 307 g/mol. The van der Waals surface area contributed by atoms with Gasteiger partial charge in [0.1, 0.15) is 11.5 Å². The maximum Gasteiger partial charge on any atom is 0.127 e. The van der Waals surface area contributed by atoms with E-state index in [9.17, 15) is 0 Å². The summed E-state index contributed by atoms with van der Waals surface area (Å²) in [6.07, 6.45) is 14.6. The topological polar surface area (TPSA) is 21.3 Å². The van der Waals surface area contributed by atoms with Crippen LogP contribution in [0.2, 0.25) is 0 Å². The fourth-order valence-corrected chi connectivity index (χ4v) is 0.892. The molecule has 0 saturated carbocycles. The van der Waals surface area contributed by atoms with Crippen molar-refractivity contribution in [3.63, 3.8) is 0 Å². The zero-order valence-electron chi connectivity index (χ0n) is 15.9. The van der Waals surface area contributed by atoms with E-state index >= 15 is 0 Å². The van der Waals surface area contributed by atoms with Gasteiger partial charge in [-0.3, -0.25) is 0 Å². The Morgan fingerprint density at radius 3 is 1.68 bits per heavy atom. The van der Waals surface area contributed by atoms with E-state index < -0.39 is 0 Å². The van der Waals surface area contributed by atoms with E-state index in [0.717, 1.165) is 11.5 Å². The summed E-state index contributed by atoms with van der Waals surface area (Å²) in [6, 6.07) is 0. The lowest BCUT2D eigenvalue weighted by molar-refractivity contribution is 0.335. The molecule has 0 aromatic rings. The normalized spacial score (nSPS) is 10.5. The average molecular weight is 308 g/mol. The summed E-state index contributed by atoms with van der Waals surface area (Å²) in [5.74, 6) is 1.54. The van der Waals surface area contributed by atoms with Crippen LogP contribution in [0.4, 0.5) is 0 Å². The van der Waals surface area contributed by atoms with Crippen LogP contribution in [-0.4, -0.2) is 14.1 Å². The molecule has 0 aliphatic rings. The summed E-state index contributed by atoms with van der Waals surface area (Å²) >= 11 is 0. The molecule has 0 bridgehead atoms. The SMILES string of the molecule is C=C/C=C\C(=C/C=C)OC(/C=C\C)=C/C.CC.CC.CNC. The Balaban J connectivity index is -0.000000198. The number of allylic oxidation sites excluding steroid dienone is 8. The van der Waals surface area contributed by atoms with Crippen molar-refractivity contribution in [3.05, 3.63) is 73.3 Å². The number of hydrogen-bond acceptors (Lipinski definition) is 2. The van der Waals surface area contributed by atoms with Crippen LogP contribution in [-0.2, 0) is 4.74 Å². The predicted octanol–water partition coefficient (Wildman–Crippen LogP) is 6.18. The van der Waals surface area contributed by atoms with Gasteiger partial charge in [0.2, 0.25) is 0 Å². The quantitative estimate of drug-likeness (QED) is 0.467. The third-order valence-electron chi connectivity index (χ3n) is 1.53. The summed E-state index contributed by atoms with van der Waals surface area (Å²) in [7, 11) is 3.75. The van der Waals surface area contributed by atoms with E-state index in [0.29, 0.717) is 0 Å². The number of rotatable bonds is 6. The maximum atomic E-state index is 5.61. The molecule has 0 saturated heterocycles. The van der Waals surface area contributed by atoms with E-state index in [-0.39, 0.29) is 0 Å². The molecule has 0 amide bonds. The summed E-state index contributed by atoms with van der Waals surface area (Å²) in [6.45, 7) is 19.1. The highest BCUT2D eigenvalue weighted by Gasteiger charge is 1.94. The van der Waals surface area contributed by atoms with Gasteiger partial charge in [-0.15, -0.1) is 0 Å². The summed E-state index contributed by atoms with van der Waals surface area (Å²) in [5.41, 5.74) is 0. The Bertz CT molecular complexity index is 334. The zero-order valence-corrected chi connectivity index (χ0v) is 15.9. The van der Waals surface area contributed by atoms with Gasteiger partial charge in [0.25, 0.3) is 0 Å². The van der Waals surface area contributed by atoms with E-state index in [2.05, 4.69) is 18.5 Å². The molecule has 0 fully saturated rings. The first-order valence-corrected chi connectivity index (χ1v) is 7.87. The first-order valence-electron chi connectivity index (χ1n) is 7.87. The van der Waals surface area contributed by atoms with Crippen molar-refractivity contribution in [2.45, 2.75) is 41.5 Å². The van der Waals surface area contributed by atoms with Gasteiger partial charge in [-0.2, -0.15) is 0 Å². The lowest BCUT2D eigenvalue weighted by atomic mass is 10.3. The predicted molar refractivity (Wildman–Crippen MR) is 105 cm³/mol. The minimum Gasteiger partial charge on any atom is -0.458 e. The van der Waals surface area contributed by atoms with Gasteiger partial charge in [0.15, 0.2) is 0 Å². The summed E-state index contributed by atoms with van der Waals surface area (Å²) in [5, 5.41) is 2.75. The van der Waals surface area contributed by atoms with Gasteiger partial charge in [-0.1, -0.05) is 65.2 Å². The molecule has 0 aromatic carbocycles. The van der Waals surface area contributed by atoms with Crippen molar-refractivity contribution < 1.29 is 4.74 Å². The molecule has 0 aromatic heterocycles. The van der Waals surface area contributed by atoms with Crippen LogP contribution < -0.4 is 5.32 Å². The number of nitrogens with one attached hydrogen (secondary N) is 1.